The molecular weight excluding hydrogens is 472 g/mol. The van der Waals surface area contributed by atoms with Crippen molar-refractivity contribution in [2.75, 3.05) is 5.32 Å². The topological polar surface area (TPSA) is 97.0 Å². The molecule has 1 unspecified atom stereocenters. The molecule has 0 fully saturated rings. The Hall–Kier alpha value is -3.49. The van der Waals surface area contributed by atoms with Gasteiger partial charge in [0.15, 0.2) is 11.2 Å². The van der Waals surface area contributed by atoms with Gasteiger partial charge in [0, 0.05) is 27.2 Å². The average Bonchev–Trinajstić information content (AvgIpc) is 3.44. The number of H-pyrrole nitrogens is 1. The molecule has 0 bridgehead atoms. The van der Waals surface area contributed by atoms with Crippen LogP contribution in [0.15, 0.2) is 53.9 Å². The summed E-state index contributed by atoms with van der Waals surface area (Å²) in [6.45, 7) is 5.67. The van der Waals surface area contributed by atoms with Crippen molar-refractivity contribution < 1.29 is 14.3 Å². The first-order valence-electron chi connectivity index (χ1n) is 10.7. The van der Waals surface area contributed by atoms with Gasteiger partial charge in [-0.15, -0.1) is 11.3 Å². The highest BCUT2D eigenvalue weighted by Crippen LogP contribution is 2.26. The van der Waals surface area contributed by atoms with Crippen LogP contribution in [0.5, 0.6) is 0 Å². The van der Waals surface area contributed by atoms with Crippen LogP contribution in [-0.2, 0) is 9.53 Å². The minimum atomic E-state index is -0.939. The van der Waals surface area contributed by atoms with E-state index in [-0.39, 0.29) is 0 Å². The fraction of sp³-hybridized carbons (Fsp3) is 0.200. The second kappa shape index (κ2) is 10.2. The molecule has 1 amide bonds. The van der Waals surface area contributed by atoms with Crippen LogP contribution < -0.4 is 5.32 Å². The molecular formula is C25H23ClN4O3S. The number of esters is 1. The Labute approximate surface area is 206 Å². The molecule has 0 radical (unpaired) electrons. The number of benzene rings is 2. The zero-order chi connectivity index (χ0) is 24.2. The van der Waals surface area contributed by atoms with Gasteiger partial charge in [0.1, 0.15) is 5.82 Å². The molecule has 0 aliphatic heterocycles. The molecule has 0 aliphatic carbocycles. The van der Waals surface area contributed by atoms with E-state index < -0.39 is 18.0 Å². The molecule has 2 N–H and O–H groups in total. The number of anilines is 1. The zero-order valence-electron chi connectivity index (χ0n) is 18.9. The first-order valence-corrected chi connectivity index (χ1v) is 12.0. The summed E-state index contributed by atoms with van der Waals surface area (Å²) in [6, 6.07) is 14.2. The molecule has 4 aromatic rings. The minimum Gasteiger partial charge on any atom is -0.449 e. The zero-order valence-corrected chi connectivity index (χ0v) is 20.5. The van der Waals surface area contributed by atoms with E-state index in [1.165, 1.54) is 11.3 Å². The van der Waals surface area contributed by atoms with Crippen LogP contribution in [0.4, 0.5) is 5.13 Å². The standard InChI is InChI=1S/C25H23ClN4O3S/c1-4-21(23(31)30-25-29-20(13-34-25)16-9-11-19(26)12-10-16)33-24(32)18-7-5-17(6-8-18)22-27-14(2)15(3)28-22/h5-13,21H,4H2,1-3H3,(H,27,28)(H,29,30,31). The molecule has 2 aromatic heterocycles. The first kappa shape index (κ1) is 23.7. The smallest absolute Gasteiger partial charge is 0.338 e. The van der Waals surface area contributed by atoms with E-state index in [0.29, 0.717) is 22.1 Å². The Morgan fingerprint density at radius 2 is 1.74 bits per heavy atom. The number of aromatic nitrogens is 3. The number of imidazole rings is 1. The second-order valence-electron chi connectivity index (χ2n) is 7.71. The Morgan fingerprint density at radius 1 is 1.06 bits per heavy atom. The van der Waals surface area contributed by atoms with Gasteiger partial charge in [-0.05, 0) is 44.5 Å². The maximum Gasteiger partial charge on any atom is 0.338 e. The second-order valence-corrected chi connectivity index (χ2v) is 9.00. The van der Waals surface area contributed by atoms with Gasteiger partial charge in [-0.25, -0.2) is 14.8 Å². The molecule has 7 nitrogen and oxygen atoms in total. The predicted octanol–water partition coefficient (Wildman–Crippen LogP) is 6.04. The highest BCUT2D eigenvalue weighted by atomic mass is 35.5. The van der Waals surface area contributed by atoms with Crippen LogP contribution in [-0.4, -0.2) is 32.9 Å². The summed E-state index contributed by atoms with van der Waals surface area (Å²) in [4.78, 5) is 37.5. The number of halogens is 1. The molecule has 0 spiro atoms. The SMILES string of the molecule is CCC(OC(=O)c1ccc(-c2nc(C)c(C)[nH]2)cc1)C(=O)Nc1nc(-c2ccc(Cl)cc2)cs1. The number of amides is 1. The summed E-state index contributed by atoms with van der Waals surface area (Å²) in [5, 5.41) is 5.65. The van der Waals surface area contributed by atoms with Crippen LogP contribution in [0.2, 0.25) is 5.02 Å². The van der Waals surface area contributed by atoms with Crippen molar-refractivity contribution in [3.63, 3.8) is 0 Å². The number of ether oxygens (including phenoxy) is 1. The van der Waals surface area contributed by atoms with E-state index in [2.05, 4.69) is 20.3 Å². The van der Waals surface area contributed by atoms with Gasteiger partial charge in [-0.2, -0.15) is 0 Å². The van der Waals surface area contributed by atoms with Gasteiger partial charge in [-0.1, -0.05) is 42.8 Å². The number of carbonyl (C=O) groups excluding carboxylic acids is 2. The first-order chi connectivity index (χ1) is 16.3. The van der Waals surface area contributed by atoms with Crippen molar-refractivity contribution in [1.29, 1.82) is 0 Å². The number of aromatic amines is 1. The third-order valence-electron chi connectivity index (χ3n) is 5.31. The van der Waals surface area contributed by atoms with E-state index in [4.69, 9.17) is 16.3 Å². The fourth-order valence-electron chi connectivity index (χ4n) is 3.24. The van der Waals surface area contributed by atoms with Gasteiger partial charge in [0.05, 0.1) is 17.0 Å². The van der Waals surface area contributed by atoms with Gasteiger partial charge in [-0.3, -0.25) is 10.1 Å². The Morgan fingerprint density at radius 3 is 2.35 bits per heavy atom. The van der Waals surface area contributed by atoms with Crippen LogP contribution >= 0.6 is 22.9 Å². The third kappa shape index (κ3) is 5.35. The average molecular weight is 495 g/mol. The lowest BCUT2D eigenvalue weighted by atomic mass is 10.1. The molecule has 174 valence electrons. The number of thiazole rings is 1. The molecule has 2 aromatic carbocycles. The summed E-state index contributed by atoms with van der Waals surface area (Å²) in [7, 11) is 0. The van der Waals surface area contributed by atoms with E-state index in [1.54, 1.807) is 43.3 Å². The minimum absolute atomic E-state index is 0.329. The number of hydrogen-bond acceptors (Lipinski definition) is 6. The lowest BCUT2D eigenvalue weighted by Crippen LogP contribution is -2.32. The summed E-state index contributed by atoms with van der Waals surface area (Å²) in [5.41, 5.74) is 4.76. The molecule has 1 atom stereocenters. The van der Waals surface area contributed by atoms with Crippen molar-refractivity contribution >= 4 is 39.9 Å². The van der Waals surface area contributed by atoms with Crippen molar-refractivity contribution in [3.8, 4) is 22.6 Å². The van der Waals surface area contributed by atoms with Crippen LogP contribution in [0, 0.1) is 13.8 Å². The number of carbonyl (C=O) groups is 2. The van der Waals surface area contributed by atoms with Gasteiger partial charge in [0.2, 0.25) is 0 Å². The number of nitrogens with one attached hydrogen (secondary N) is 2. The van der Waals surface area contributed by atoms with Gasteiger partial charge >= 0.3 is 5.97 Å². The fourth-order valence-corrected chi connectivity index (χ4v) is 4.09. The monoisotopic (exact) mass is 494 g/mol. The van der Waals surface area contributed by atoms with Crippen molar-refractivity contribution in [2.45, 2.75) is 33.3 Å². The summed E-state index contributed by atoms with van der Waals surface area (Å²) in [6.07, 6.45) is -0.610. The van der Waals surface area contributed by atoms with Crippen LogP contribution in [0.3, 0.4) is 0 Å². The van der Waals surface area contributed by atoms with Crippen LogP contribution in [0.25, 0.3) is 22.6 Å². The Kier molecular flexibility index (Phi) is 7.09. The molecule has 0 aliphatic rings. The molecule has 9 heteroatoms. The summed E-state index contributed by atoms with van der Waals surface area (Å²) < 4.78 is 5.48. The quantitative estimate of drug-likeness (QED) is 0.305. The number of hydrogen-bond donors (Lipinski definition) is 2. The van der Waals surface area contributed by atoms with Gasteiger partial charge < -0.3 is 9.72 Å². The third-order valence-corrected chi connectivity index (χ3v) is 6.32. The van der Waals surface area contributed by atoms with Gasteiger partial charge in [0.25, 0.3) is 5.91 Å². The summed E-state index contributed by atoms with van der Waals surface area (Å²) in [5.74, 6) is -0.255. The largest absolute Gasteiger partial charge is 0.449 e. The molecule has 34 heavy (non-hydrogen) atoms. The number of rotatable bonds is 7. The lowest BCUT2D eigenvalue weighted by Gasteiger charge is -2.15. The molecule has 0 saturated heterocycles. The van der Waals surface area contributed by atoms with E-state index in [9.17, 15) is 9.59 Å². The Bertz CT molecular complexity index is 1290. The van der Waals surface area contributed by atoms with Crippen molar-refractivity contribution in [3.05, 3.63) is 75.9 Å². The Balaban J connectivity index is 1.39. The lowest BCUT2D eigenvalue weighted by molar-refractivity contribution is -0.124. The number of aryl methyl sites for hydroxylation is 2. The maximum absolute atomic E-state index is 12.7. The van der Waals surface area contributed by atoms with Crippen LogP contribution in [0.1, 0.15) is 35.1 Å². The highest BCUT2D eigenvalue weighted by molar-refractivity contribution is 7.14. The van der Waals surface area contributed by atoms with E-state index in [0.717, 1.165) is 34.0 Å². The highest BCUT2D eigenvalue weighted by Gasteiger charge is 2.23. The number of nitrogens with zero attached hydrogens (tertiary/aromatic N) is 2. The maximum atomic E-state index is 12.7. The molecule has 2 heterocycles. The normalized spacial score (nSPS) is 11.8. The summed E-state index contributed by atoms with van der Waals surface area (Å²) >= 11 is 7.23. The van der Waals surface area contributed by atoms with Crippen molar-refractivity contribution in [1.82, 2.24) is 15.0 Å². The predicted molar refractivity (Wildman–Crippen MR) is 134 cm³/mol. The van der Waals surface area contributed by atoms with Crippen molar-refractivity contribution in [2.24, 2.45) is 0 Å². The van der Waals surface area contributed by atoms with E-state index >= 15 is 0 Å². The molecule has 0 saturated carbocycles. The van der Waals surface area contributed by atoms with E-state index in [1.807, 2.05) is 31.4 Å². The molecule has 4 rings (SSSR count).